The first-order chi connectivity index (χ1) is 4.43. The molecule has 0 bridgehead atoms. The van der Waals surface area contributed by atoms with Crippen LogP contribution in [-0.2, 0) is 19.2 Å². The average molecular weight is 217 g/mol. The van der Waals surface area contributed by atoms with Gasteiger partial charge in [0.25, 0.3) is 0 Å². The fraction of sp³-hybridized carbons (Fsp3) is 0. The third kappa shape index (κ3) is 2.41. The van der Waals surface area contributed by atoms with Crippen molar-refractivity contribution in [2.75, 3.05) is 0 Å². The molecule has 0 amide bonds. The number of hydrogen-bond acceptors (Lipinski definition) is 1. The Morgan fingerprint density at radius 1 is 1.22 bits per heavy atom. The van der Waals surface area contributed by atoms with Crippen molar-refractivity contribution >= 4 is 11.8 Å². The van der Waals surface area contributed by atoms with Gasteiger partial charge in [0.2, 0.25) is 0 Å². The fourth-order valence-electron chi connectivity index (χ4n) is 0.537. The summed E-state index contributed by atoms with van der Waals surface area (Å²) in [5, 5.41) is 0. The molecule has 1 rings (SSSR count). The van der Waals surface area contributed by atoms with Gasteiger partial charge in [-0.1, -0.05) is 0 Å². The molecule has 9 heavy (non-hydrogen) atoms. The summed E-state index contributed by atoms with van der Waals surface area (Å²) in [4.78, 5) is 1.25. The van der Waals surface area contributed by atoms with Crippen LogP contribution in [0.25, 0.3) is 0 Å². The minimum atomic E-state index is 1.25. The van der Waals surface area contributed by atoms with Gasteiger partial charge in [0.1, 0.15) is 0 Å². The Hall–Kier alpha value is 0.0383. The molecule has 0 unspecified atom stereocenters. The second-order valence-corrected chi connectivity index (χ2v) is 3.57. The standard InChI is InChI=1S/C7H5S.Mo/c1-8-7-5-3-2-4-6-7;/h2-6H;/q;+1. The predicted octanol–water partition coefficient (Wildman–Crippen LogP) is 2.24. The summed E-state index contributed by atoms with van der Waals surface area (Å²) in [7, 11) is 0. The molecule has 2 heteroatoms. The number of thioether (sulfide) groups is 1. The Kier molecular flexibility index (Phi) is 3.14. The molecule has 0 atom stereocenters. The molecular weight excluding hydrogens is 212 g/mol. The van der Waals surface area contributed by atoms with Gasteiger partial charge in [-0.2, -0.15) is 0 Å². The molecule has 0 aliphatic heterocycles. The molecular formula is C7H5MoS+. The summed E-state index contributed by atoms with van der Waals surface area (Å²) in [6.45, 7) is 0. The summed E-state index contributed by atoms with van der Waals surface area (Å²) in [6.07, 6.45) is 0. The first-order valence-electron chi connectivity index (χ1n) is 2.52. The molecule has 0 spiro atoms. The van der Waals surface area contributed by atoms with Crippen LogP contribution in [0.5, 0.6) is 0 Å². The Bertz CT molecular complexity index is 212. The van der Waals surface area contributed by atoms with Crippen LogP contribution in [0.15, 0.2) is 35.2 Å². The van der Waals surface area contributed by atoms with E-state index in [9.17, 15) is 0 Å². The van der Waals surface area contributed by atoms with E-state index in [4.69, 9.17) is 0 Å². The summed E-state index contributed by atoms with van der Waals surface area (Å²) in [5.41, 5.74) is 0. The van der Waals surface area contributed by atoms with Gasteiger partial charge in [0, 0.05) is 0 Å². The van der Waals surface area contributed by atoms with E-state index in [2.05, 4.69) is 15.7 Å². The molecule has 0 fully saturated rings. The van der Waals surface area contributed by atoms with E-state index in [1.165, 1.54) is 4.90 Å². The van der Waals surface area contributed by atoms with E-state index >= 15 is 0 Å². The Labute approximate surface area is 69.7 Å². The van der Waals surface area contributed by atoms with Crippen LogP contribution in [0.2, 0.25) is 0 Å². The Balaban J connectivity index is 2.76. The Morgan fingerprint density at radius 2 is 1.89 bits per heavy atom. The molecule has 44 valence electrons. The summed E-state index contributed by atoms with van der Waals surface area (Å²) < 4.78 is 3.01. The minimum absolute atomic E-state index is 1.25. The molecule has 0 nitrogen and oxygen atoms in total. The van der Waals surface area contributed by atoms with E-state index < -0.39 is 0 Å². The van der Waals surface area contributed by atoms with Gasteiger partial charge in [-0.3, -0.25) is 0 Å². The van der Waals surface area contributed by atoms with E-state index in [-0.39, 0.29) is 0 Å². The van der Waals surface area contributed by atoms with Crippen LogP contribution in [0, 0.1) is 3.53 Å². The van der Waals surface area contributed by atoms with E-state index in [0.717, 1.165) is 0 Å². The number of rotatable bonds is 1. The molecule has 0 N–H and O–H groups in total. The van der Waals surface area contributed by atoms with Crippen LogP contribution in [0.1, 0.15) is 0 Å². The van der Waals surface area contributed by atoms with Crippen molar-refractivity contribution in [2.24, 2.45) is 0 Å². The van der Waals surface area contributed by atoms with E-state index in [1.807, 2.05) is 37.4 Å². The first-order valence-corrected chi connectivity index (χ1v) is 4.34. The van der Waals surface area contributed by atoms with Crippen molar-refractivity contribution in [3.8, 4) is 3.53 Å². The van der Waals surface area contributed by atoms with Gasteiger partial charge in [0.05, 0.1) is 0 Å². The van der Waals surface area contributed by atoms with Gasteiger partial charge in [-0.15, -0.1) is 0 Å². The van der Waals surface area contributed by atoms with Gasteiger partial charge in [-0.25, -0.2) is 0 Å². The van der Waals surface area contributed by atoms with E-state index in [0.29, 0.717) is 0 Å². The quantitative estimate of drug-likeness (QED) is 0.513. The topological polar surface area (TPSA) is 0 Å². The van der Waals surface area contributed by atoms with Crippen LogP contribution in [0.4, 0.5) is 0 Å². The van der Waals surface area contributed by atoms with Crippen molar-refractivity contribution in [1.82, 2.24) is 0 Å². The summed E-state index contributed by atoms with van der Waals surface area (Å²) in [6, 6.07) is 10.2. The Morgan fingerprint density at radius 3 is 2.44 bits per heavy atom. The van der Waals surface area contributed by atoms with Crippen molar-refractivity contribution in [3.05, 3.63) is 30.3 Å². The van der Waals surface area contributed by atoms with E-state index in [1.54, 1.807) is 11.8 Å². The monoisotopic (exact) mass is 219 g/mol. The van der Waals surface area contributed by atoms with Gasteiger partial charge in [0.15, 0.2) is 0 Å². The molecule has 0 aliphatic carbocycles. The zero-order valence-corrected chi connectivity index (χ0v) is 7.53. The van der Waals surface area contributed by atoms with Crippen molar-refractivity contribution in [1.29, 1.82) is 0 Å². The molecule has 0 aromatic heterocycles. The number of hydrogen-bond donors (Lipinski definition) is 0. The third-order valence-electron chi connectivity index (χ3n) is 0.903. The first kappa shape index (κ1) is 7.15. The normalized spacial score (nSPS) is 8.33. The third-order valence-corrected chi connectivity index (χ3v) is 2.11. The molecule has 0 heterocycles. The molecule has 1 aromatic rings. The molecule has 0 aliphatic rings. The van der Waals surface area contributed by atoms with Crippen LogP contribution >= 0.6 is 11.8 Å². The SMILES string of the molecule is [Mo+]#[C]Sc1ccccc1. The maximum atomic E-state index is 3.01. The molecule has 0 saturated heterocycles. The zero-order valence-electron chi connectivity index (χ0n) is 4.70. The van der Waals surface area contributed by atoms with Crippen molar-refractivity contribution in [2.45, 2.75) is 4.90 Å². The second kappa shape index (κ2) is 3.95. The second-order valence-electron chi connectivity index (χ2n) is 1.50. The molecule has 0 saturated carbocycles. The predicted molar refractivity (Wildman–Crippen MR) is 36.2 cm³/mol. The summed E-state index contributed by atoms with van der Waals surface area (Å²) >= 11 is 3.48. The summed E-state index contributed by atoms with van der Waals surface area (Å²) in [5.74, 6) is 0. The van der Waals surface area contributed by atoms with Crippen LogP contribution in [-0.4, -0.2) is 0 Å². The van der Waals surface area contributed by atoms with Crippen LogP contribution in [0.3, 0.4) is 0 Å². The fourth-order valence-corrected chi connectivity index (χ4v) is 1.64. The van der Waals surface area contributed by atoms with Gasteiger partial charge >= 0.3 is 69.7 Å². The van der Waals surface area contributed by atoms with Gasteiger partial charge < -0.3 is 0 Å². The van der Waals surface area contributed by atoms with Crippen molar-refractivity contribution in [3.63, 3.8) is 0 Å². The number of benzene rings is 1. The van der Waals surface area contributed by atoms with Gasteiger partial charge in [-0.05, 0) is 0 Å². The zero-order chi connectivity index (χ0) is 6.53. The van der Waals surface area contributed by atoms with Crippen LogP contribution < -0.4 is 0 Å². The molecule has 1 aromatic carbocycles. The average Bonchev–Trinajstić information content (AvgIpc) is 1.91. The maximum absolute atomic E-state index is 3.01. The molecule has 0 radical (unpaired) electrons. The van der Waals surface area contributed by atoms with Crippen molar-refractivity contribution < 1.29 is 19.2 Å².